The molecular weight excluding hydrogens is 343 g/mol. The second-order valence-corrected chi connectivity index (χ2v) is 5.87. The van der Waals surface area contributed by atoms with Crippen LogP contribution in [0, 0.1) is 19.7 Å². The van der Waals surface area contributed by atoms with Crippen LogP contribution in [-0.2, 0) is 0 Å². The van der Waals surface area contributed by atoms with Crippen molar-refractivity contribution in [1.29, 1.82) is 0 Å². The summed E-state index contributed by atoms with van der Waals surface area (Å²) in [6, 6.07) is 7.55. The van der Waals surface area contributed by atoms with Crippen molar-refractivity contribution in [2.45, 2.75) is 19.8 Å². The van der Waals surface area contributed by atoms with Crippen LogP contribution < -0.4 is 11.3 Å². The highest BCUT2D eigenvalue weighted by Gasteiger charge is 2.30. The lowest BCUT2D eigenvalue weighted by atomic mass is 9.85. The van der Waals surface area contributed by atoms with E-state index < -0.39 is 34.5 Å². The molecule has 2 heterocycles. The van der Waals surface area contributed by atoms with Crippen LogP contribution in [0.1, 0.15) is 34.1 Å². The van der Waals surface area contributed by atoms with E-state index in [2.05, 4.69) is 0 Å². The number of aryl methyl sites for hydroxylation is 2. The first kappa shape index (κ1) is 17.5. The first-order valence-corrected chi connectivity index (χ1v) is 7.70. The molecule has 0 spiro atoms. The number of halogens is 1. The second-order valence-electron chi connectivity index (χ2n) is 5.87. The minimum atomic E-state index is -1.28. The maximum atomic E-state index is 13.8. The van der Waals surface area contributed by atoms with E-state index in [-0.39, 0.29) is 28.2 Å². The molecule has 0 amide bonds. The molecule has 0 fully saturated rings. The van der Waals surface area contributed by atoms with Gasteiger partial charge in [-0.25, -0.2) is 14.0 Å². The lowest BCUT2D eigenvalue weighted by molar-refractivity contribution is 0.407. The summed E-state index contributed by atoms with van der Waals surface area (Å²) in [7, 11) is 0. The smallest absolute Gasteiger partial charge is 0.343 e. The van der Waals surface area contributed by atoms with E-state index in [1.807, 2.05) is 0 Å². The van der Waals surface area contributed by atoms with Crippen molar-refractivity contribution < 1.29 is 23.4 Å². The van der Waals surface area contributed by atoms with Gasteiger partial charge >= 0.3 is 11.3 Å². The van der Waals surface area contributed by atoms with Gasteiger partial charge in [0, 0.05) is 12.1 Å². The van der Waals surface area contributed by atoms with Gasteiger partial charge in [0.2, 0.25) is 0 Å². The van der Waals surface area contributed by atoms with Crippen LogP contribution in [0.3, 0.4) is 0 Å². The monoisotopic (exact) mass is 358 g/mol. The lowest BCUT2D eigenvalue weighted by Gasteiger charge is -2.18. The molecule has 3 aromatic rings. The van der Waals surface area contributed by atoms with Crippen LogP contribution in [0.5, 0.6) is 11.5 Å². The molecule has 0 saturated heterocycles. The molecule has 1 aromatic carbocycles. The minimum Gasteiger partial charge on any atom is -0.507 e. The molecule has 0 aliphatic rings. The van der Waals surface area contributed by atoms with Gasteiger partial charge in [-0.2, -0.15) is 0 Å². The summed E-state index contributed by atoms with van der Waals surface area (Å²) in [6.07, 6.45) is 0. The Morgan fingerprint density at radius 2 is 1.38 bits per heavy atom. The summed E-state index contributed by atoms with van der Waals surface area (Å²) >= 11 is 0. The highest BCUT2D eigenvalue weighted by atomic mass is 19.1. The van der Waals surface area contributed by atoms with Gasteiger partial charge in [0.1, 0.15) is 28.8 Å². The molecule has 2 N–H and O–H groups in total. The SMILES string of the molecule is Cc1cc(O)c(C(c2cccc(F)c2)c2c(O)cc(C)oc2=O)c(=O)o1. The second kappa shape index (κ2) is 6.51. The van der Waals surface area contributed by atoms with Crippen molar-refractivity contribution in [1.82, 2.24) is 0 Å². The Kier molecular flexibility index (Phi) is 4.38. The summed E-state index contributed by atoms with van der Waals surface area (Å²) < 4.78 is 23.8. The quantitative estimate of drug-likeness (QED) is 0.747. The van der Waals surface area contributed by atoms with Crippen LogP contribution in [0.15, 0.2) is 54.8 Å². The highest BCUT2D eigenvalue weighted by molar-refractivity contribution is 5.50. The third kappa shape index (κ3) is 3.11. The molecule has 3 rings (SSSR count). The zero-order valence-electron chi connectivity index (χ0n) is 13.9. The van der Waals surface area contributed by atoms with E-state index in [0.29, 0.717) is 0 Å². The zero-order chi connectivity index (χ0) is 19.0. The Morgan fingerprint density at radius 3 is 1.81 bits per heavy atom. The number of aromatic hydroxyl groups is 2. The molecule has 0 saturated carbocycles. The van der Waals surface area contributed by atoms with Crippen molar-refractivity contribution in [3.63, 3.8) is 0 Å². The molecule has 0 bridgehead atoms. The van der Waals surface area contributed by atoms with E-state index in [1.165, 1.54) is 44.2 Å². The normalized spacial score (nSPS) is 11.1. The molecule has 26 heavy (non-hydrogen) atoms. The Labute approximate surface area is 146 Å². The molecule has 0 radical (unpaired) electrons. The summed E-state index contributed by atoms with van der Waals surface area (Å²) in [5, 5.41) is 20.6. The van der Waals surface area contributed by atoms with Gasteiger partial charge in [-0.1, -0.05) is 12.1 Å². The predicted octanol–water partition coefficient (Wildman–Crippen LogP) is 2.94. The molecule has 0 aliphatic heterocycles. The van der Waals surface area contributed by atoms with Crippen LogP contribution >= 0.6 is 0 Å². The first-order chi connectivity index (χ1) is 12.3. The van der Waals surface area contributed by atoms with Gasteiger partial charge < -0.3 is 19.0 Å². The maximum absolute atomic E-state index is 13.8. The van der Waals surface area contributed by atoms with Crippen molar-refractivity contribution in [2.75, 3.05) is 0 Å². The van der Waals surface area contributed by atoms with Crippen molar-refractivity contribution >= 4 is 0 Å². The molecular formula is C19H15FO6. The lowest BCUT2D eigenvalue weighted by Crippen LogP contribution is -2.21. The molecule has 0 unspecified atom stereocenters. The van der Waals surface area contributed by atoms with Gasteiger partial charge in [-0.15, -0.1) is 0 Å². The van der Waals surface area contributed by atoms with Gasteiger partial charge in [0.15, 0.2) is 0 Å². The van der Waals surface area contributed by atoms with E-state index in [9.17, 15) is 24.2 Å². The number of rotatable bonds is 3. The predicted molar refractivity (Wildman–Crippen MR) is 90.1 cm³/mol. The molecule has 0 atom stereocenters. The van der Waals surface area contributed by atoms with E-state index in [0.717, 1.165) is 6.07 Å². The molecule has 0 aliphatic carbocycles. The largest absolute Gasteiger partial charge is 0.507 e. The third-order valence-electron chi connectivity index (χ3n) is 3.94. The van der Waals surface area contributed by atoms with Crippen molar-refractivity contribution in [3.8, 4) is 11.5 Å². The Morgan fingerprint density at radius 1 is 0.885 bits per heavy atom. The fraction of sp³-hybridized carbons (Fsp3) is 0.158. The van der Waals surface area contributed by atoms with Crippen LogP contribution in [0.2, 0.25) is 0 Å². The summed E-state index contributed by atoms with van der Waals surface area (Å²) in [4.78, 5) is 24.8. The number of hydrogen-bond donors (Lipinski definition) is 2. The summed E-state index contributed by atoms with van der Waals surface area (Å²) in [6.45, 7) is 2.94. The van der Waals surface area contributed by atoms with Crippen LogP contribution in [0.4, 0.5) is 4.39 Å². The van der Waals surface area contributed by atoms with Gasteiger partial charge in [-0.05, 0) is 31.5 Å². The van der Waals surface area contributed by atoms with Crippen LogP contribution in [0.25, 0.3) is 0 Å². The average molecular weight is 358 g/mol. The summed E-state index contributed by atoms with van der Waals surface area (Å²) in [5.74, 6) is -2.44. The highest BCUT2D eigenvalue weighted by Crippen LogP contribution is 2.37. The van der Waals surface area contributed by atoms with E-state index in [4.69, 9.17) is 8.83 Å². The minimum absolute atomic E-state index is 0.161. The number of hydrogen-bond acceptors (Lipinski definition) is 6. The number of benzene rings is 1. The van der Waals surface area contributed by atoms with Crippen LogP contribution in [-0.4, -0.2) is 10.2 Å². The molecule has 134 valence electrons. The summed E-state index contributed by atoms with van der Waals surface area (Å²) in [5.41, 5.74) is -2.24. The fourth-order valence-corrected chi connectivity index (χ4v) is 2.91. The fourth-order valence-electron chi connectivity index (χ4n) is 2.91. The zero-order valence-corrected chi connectivity index (χ0v) is 13.9. The average Bonchev–Trinajstić information content (AvgIpc) is 2.51. The van der Waals surface area contributed by atoms with E-state index in [1.54, 1.807) is 0 Å². The van der Waals surface area contributed by atoms with Gasteiger partial charge in [-0.3, -0.25) is 0 Å². The van der Waals surface area contributed by atoms with Crippen molar-refractivity contribution in [2.24, 2.45) is 0 Å². The maximum Gasteiger partial charge on any atom is 0.343 e. The molecule has 6 nitrogen and oxygen atoms in total. The Bertz CT molecular complexity index is 1030. The third-order valence-corrected chi connectivity index (χ3v) is 3.94. The topological polar surface area (TPSA) is 101 Å². The van der Waals surface area contributed by atoms with Gasteiger partial charge in [0.05, 0.1) is 17.0 Å². The van der Waals surface area contributed by atoms with Gasteiger partial charge in [0.25, 0.3) is 0 Å². The Hall–Kier alpha value is -3.35. The molecule has 7 heteroatoms. The standard InChI is InChI=1S/C19H15FO6/c1-9-6-13(21)16(18(23)25-9)15(11-4-3-5-12(20)8-11)17-14(22)7-10(2)26-19(17)24/h3-8,15,21-22H,1-2H3. The van der Waals surface area contributed by atoms with E-state index >= 15 is 0 Å². The Balaban J connectivity index is 2.40. The first-order valence-electron chi connectivity index (χ1n) is 7.70. The molecule has 2 aromatic heterocycles. The van der Waals surface area contributed by atoms with Crippen molar-refractivity contribution in [3.05, 3.63) is 91.3 Å².